The van der Waals surface area contributed by atoms with Crippen LogP contribution in [0.5, 0.6) is 0 Å². The summed E-state index contributed by atoms with van der Waals surface area (Å²) in [5, 5.41) is 0. The van der Waals surface area contributed by atoms with E-state index in [4.69, 9.17) is 11.6 Å². The van der Waals surface area contributed by atoms with Gasteiger partial charge in [0.2, 0.25) is 0 Å². The topological polar surface area (TPSA) is 3.24 Å². The first kappa shape index (κ1) is 9.34. The minimum Gasteiger partial charge on any atom is -0.299 e. The Bertz CT molecular complexity index is 102. The highest BCUT2D eigenvalue weighted by Gasteiger charge is 2.27. The normalized spacial score (nSPS) is 17.7. The largest absolute Gasteiger partial charge is 0.299 e. The fourth-order valence-electron chi connectivity index (χ4n) is 1.39. The first-order chi connectivity index (χ1) is 5.38. The van der Waals surface area contributed by atoms with Gasteiger partial charge in [0.1, 0.15) is 0 Å². The molecule has 0 amide bonds. The smallest absolute Gasteiger partial charge is 0.0351 e. The Morgan fingerprint density at radius 1 is 1.36 bits per heavy atom. The van der Waals surface area contributed by atoms with Crippen molar-refractivity contribution in [3.63, 3.8) is 0 Å². The van der Waals surface area contributed by atoms with Gasteiger partial charge in [0.05, 0.1) is 0 Å². The van der Waals surface area contributed by atoms with Crippen LogP contribution in [0.4, 0.5) is 0 Å². The van der Waals surface area contributed by atoms with Crippen molar-refractivity contribution in [3.8, 4) is 0 Å². The lowest BCUT2D eigenvalue weighted by Gasteiger charge is -2.19. The van der Waals surface area contributed by atoms with Crippen LogP contribution in [0.15, 0.2) is 0 Å². The highest BCUT2D eigenvalue weighted by molar-refractivity contribution is 6.18. The highest BCUT2D eigenvalue weighted by Crippen LogP contribution is 2.26. The molecule has 0 aromatic heterocycles. The van der Waals surface area contributed by atoms with Gasteiger partial charge in [-0.05, 0) is 25.8 Å². The van der Waals surface area contributed by atoms with Crippen LogP contribution in [0.25, 0.3) is 0 Å². The van der Waals surface area contributed by atoms with Gasteiger partial charge in [-0.3, -0.25) is 4.90 Å². The molecule has 1 aliphatic carbocycles. The number of hydrogen-bond donors (Lipinski definition) is 0. The molecule has 0 heterocycles. The second-order valence-electron chi connectivity index (χ2n) is 3.31. The Kier molecular flexibility index (Phi) is 4.24. The Morgan fingerprint density at radius 3 is 2.55 bits per heavy atom. The van der Waals surface area contributed by atoms with Gasteiger partial charge in [0, 0.05) is 18.5 Å². The van der Waals surface area contributed by atoms with Gasteiger partial charge in [-0.2, -0.15) is 0 Å². The molecule has 0 saturated heterocycles. The van der Waals surface area contributed by atoms with Gasteiger partial charge in [0.25, 0.3) is 0 Å². The maximum atomic E-state index is 5.71. The Morgan fingerprint density at radius 2 is 2.09 bits per heavy atom. The second kappa shape index (κ2) is 5.00. The van der Waals surface area contributed by atoms with Gasteiger partial charge >= 0.3 is 0 Å². The third-order valence-electron chi connectivity index (χ3n) is 2.23. The molecule has 0 aromatic rings. The Labute approximate surface area is 74.7 Å². The van der Waals surface area contributed by atoms with Crippen molar-refractivity contribution in [2.45, 2.75) is 38.6 Å². The zero-order chi connectivity index (χ0) is 8.10. The zero-order valence-corrected chi connectivity index (χ0v) is 8.11. The average molecular weight is 176 g/mol. The van der Waals surface area contributed by atoms with Crippen LogP contribution in [-0.2, 0) is 0 Å². The minimum atomic E-state index is 0.792. The molecule has 11 heavy (non-hydrogen) atoms. The SMILES string of the molecule is CCCCN(CCCl)C1CC1. The van der Waals surface area contributed by atoms with E-state index >= 15 is 0 Å². The Hall–Kier alpha value is 0.250. The van der Waals surface area contributed by atoms with Crippen molar-refractivity contribution in [2.24, 2.45) is 0 Å². The van der Waals surface area contributed by atoms with Crippen molar-refractivity contribution in [1.29, 1.82) is 0 Å². The molecule has 0 spiro atoms. The third kappa shape index (κ3) is 3.44. The van der Waals surface area contributed by atoms with E-state index in [2.05, 4.69) is 11.8 Å². The highest BCUT2D eigenvalue weighted by atomic mass is 35.5. The van der Waals surface area contributed by atoms with Crippen molar-refractivity contribution in [3.05, 3.63) is 0 Å². The zero-order valence-electron chi connectivity index (χ0n) is 7.35. The number of alkyl halides is 1. The van der Waals surface area contributed by atoms with Crippen molar-refractivity contribution in [1.82, 2.24) is 4.90 Å². The maximum absolute atomic E-state index is 5.71. The lowest BCUT2D eigenvalue weighted by molar-refractivity contribution is 0.275. The molecular formula is C9H18ClN. The Balaban J connectivity index is 2.10. The van der Waals surface area contributed by atoms with E-state index in [0.717, 1.165) is 18.5 Å². The second-order valence-corrected chi connectivity index (χ2v) is 3.69. The molecule has 1 saturated carbocycles. The summed E-state index contributed by atoms with van der Waals surface area (Å²) in [4.78, 5) is 2.54. The van der Waals surface area contributed by atoms with Gasteiger partial charge < -0.3 is 0 Å². The first-order valence-electron chi connectivity index (χ1n) is 4.68. The van der Waals surface area contributed by atoms with Crippen molar-refractivity contribution >= 4 is 11.6 Å². The molecule has 0 N–H and O–H groups in total. The van der Waals surface area contributed by atoms with E-state index in [1.54, 1.807) is 0 Å². The minimum absolute atomic E-state index is 0.792. The summed E-state index contributed by atoms with van der Waals surface area (Å²) < 4.78 is 0. The van der Waals surface area contributed by atoms with E-state index in [9.17, 15) is 0 Å². The fourth-order valence-corrected chi connectivity index (χ4v) is 1.60. The predicted molar refractivity (Wildman–Crippen MR) is 50.2 cm³/mol. The molecule has 0 aliphatic heterocycles. The van der Waals surface area contributed by atoms with E-state index in [0.29, 0.717) is 0 Å². The summed E-state index contributed by atoms with van der Waals surface area (Å²) in [6, 6.07) is 0.889. The molecule has 0 radical (unpaired) electrons. The predicted octanol–water partition coefficient (Wildman–Crippen LogP) is 2.49. The summed E-state index contributed by atoms with van der Waals surface area (Å²) in [7, 11) is 0. The summed E-state index contributed by atoms with van der Waals surface area (Å²) in [5.74, 6) is 0.792. The molecule has 2 heteroatoms. The molecular weight excluding hydrogens is 158 g/mol. The molecule has 0 bridgehead atoms. The van der Waals surface area contributed by atoms with Gasteiger partial charge in [0.15, 0.2) is 0 Å². The van der Waals surface area contributed by atoms with Crippen LogP contribution in [0.1, 0.15) is 32.6 Å². The first-order valence-corrected chi connectivity index (χ1v) is 5.22. The van der Waals surface area contributed by atoms with Crippen LogP contribution < -0.4 is 0 Å². The number of rotatable bonds is 6. The van der Waals surface area contributed by atoms with Crippen LogP contribution in [-0.4, -0.2) is 29.9 Å². The lowest BCUT2D eigenvalue weighted by Crippen LogP contribution is -2.29. The molecule has 0 unspecified atom stereocenters. The van der Waals surface area contributed by atoms with Gasteiger partial charge in [-0.25, -0.2) is 0 Å². The van der Waals surface area contributed by atoms with Crippen molar-refractivity contribution in [2.75, 3.05) is 19.0 Å². The van der Waals surface area contributed by atoms with Gasteiger partial charge in [-0.1, -0.05) is 13.3 Å². The van der Waals surface area contributed by atoms with E-state index in [1.807, 2.05) is 0 Å². The average Bonchev–Trinajstić information content (AvgIpc) is 2.80. The van der Waals surface area contributed by atoms with Crippen LogP contribution in [0.3, 0.4) is 0 Å². The van der Waals surface area contributed by atoms with E-state index in [-0.39, 0.29) is 0 Å². The fraction of sp³-hybridized carbons (Fsp3) is 1.00. The number of halogens is 1. The quantitative estimate of drug-likeness (QED) is 0.561. The van der Waals surface area contributed by atoms with Crippen molar-refractivity contribution < 1.29 is 0 Å². The third-order valence-corrected chi connectivity index (χ3v) is 2.40. The lowest BCUT2D eigenvalue weighted by atomic mass is 10.3. The van der Waals surface area contributed by atoms with E-state index in [1.165, 1.54) is 32.2 Å². The molecule has 1 rings (SSSR count). The van der Waals surface area contributed by atoms with Crippen LogP contribution in [0, 0.1) is 0 Å². The van der Waals surface area contributed by atoms with Crippen LogP contribution in [0.2, 0.25) is 0 Å². The summed E-state index contributed by atoms with van der Waals surface area (Å²) >= 11 is 5.71. The summed E-state index contributed by atoms with van der Waals surface area (Å²) in [6.45, 7) is 4.59. The molecule has 0 atom stereocenters. The molecule has 66 valence electrons. The molecule has 0 aromatic carbocycles. The number of nitrogens with zero attached hydrogens (tertiary/aromatic N) is 1. The maximum Gasteiger partial charge on any atom is 0.0351 e. The number of unbranched alkanes of at least 4 members (excludes halogenated alkanes) is 1. The molecule has 1 fully saturated rings. The van der Waals surface area contributed by atoms with Gasteiger partial charge in [-0.15, -0.1) is 11.6 Å². The molecule has 1 aliphatic rings. The van der Waals surface area contributed by atoms with Crippen LogP contribution >= 0.6 is 11.6 Å². The number of hydrogen-bond acceptors (Lipinski definition) is 1. The van der Waals surface area contributed by atoms with E-state index < -0.39 is 0 Å². The summed E-state index contributed by atoms with van der Waals surface area (Å²) in [5.41, 5.74) is 0. The summed E-state index contributed by atoms with van der Waals surface area (Å²) in [6.07, 6.45) is 5.43. The standard InChI is InChI=1S/C9H18ClN/c1-2-3-7-11(8-6-10)9-4-5-9/h9H,2-8H2,1H3. The molecule has 1 nitrogen and oxygen atoms in total. The monoisotopic (exact) mass is 175 g/mol.